The molecule has 0 unspecified atom stereocenters. The molecule has 0 aliphatic rings. The normalized spacial score (nSPS) is 11.6. The molecule has 0 saturated heterocycles. The van der Waals surface area contributed by atoms with Gasteiger partial charge in [0.15, 0.2) is 5.84 Å². The fourth-order valence-corrected chi connectivity index (χ4v) is 1.71. The van der Waals surface area contributed by atoms with E-state index in [2.05, 4.69) is 15.4 Å². The van der Waals surface area contributed by atoms with Gasteiger partial charge in [0.05, 0.1) is 10.6 Å². The van der Waals surface area contributed by atoms with E-state index in [-0.39, 0.29) is 5.84 Å². The van der Waals surface area contributed by atoms with Gasteiger partial charge in [0.2, 0.25) is 5.88 Å². The van der Waals surface area contributed by atoms with Crippen LogP contribution in [0, 0.1) is 6.92 Å². The highest BCUT2D eigenvalue weighted by Gasteiger charge is 2.14. The summed E-state index contributed by atoms with van der Waals surface area (Å²) >= 11 is 5.99. The van der Waals surface area contributed by atoms with Gasteiger partial charge >= 0.3 is 0 Å². The maximum absolute atomic E-state index is 8.73. The van der Waals surface area contributed by atoms with E-state index in [4.69, 9.17) is 27.3 Å². The zero-order valence-corrected chi connectivity index (χ0v) is 10.3. The number of hydrogen-bond donors (Lipinski definition) is 3. The summed E-state index contributed by atoms with van der Waals surface area (Å²) in [5, 5.41) is 18.7. The second kappa shape index (κ2) is 4.97. The molecule has 7 heteroatoms. The van der Waals surface area contributed by atoms with Crippen LogP contribution in [0.2, 0.25) is 5.02 Å². The Morgan fingerprint density at radius 1 is 1.56 bits per heavy atom. The molecule has 18 heavy (non-hydrogen) atoms. The smallest absolute Gasteiger partial charge is 0.238 e. The van der Waals surface area contributed by atoms with Crippen LogP contribution in [0.5, 0.6) is 11.6 Å². The highest BCUT2D eigenvalue weighted by Crippen LogP contribution is 2.29. The molecule has 0 atom stereocenters. The average molecular weight is 267 g/mol. The van der Waals surface area contributed by atoms with Crippen molar-refractivity contribution in [3.05, 3.63) is 40.5 Å². The topological polar surface area (TPSA) is 96.5 Å². The summed E-state index contributed by atoms with van der Waals surface area (Å²) in [6.07, 6.45) is 0. The third kappa shape index (κ3) is 2.38. The summed E-state index contributed by atoms with van der Waals surface area (Å²) in [7, 11) is 0. The Balaban J connectivity index is 2.41. The molecule has 2 aromatic rings. The number of halogens is 1. The molecule has 0 radical (unpaired) electrons. The van der Waals surface area contributed by atoms with Crippen LogP contribution in [0.1, 0.15) is 11.3 Å². The summed E-state index contributed by atoms with van der Waals surface area (Å²) < 4.78 is 5.54. The van der Waals surface area contributed by atoms with E-state index < -0.39 is 0 Å². The van der Waals surface area contributed by atoms with Gasteiger partial charge in [-0.05, 0) is 19.1 Å². The van der Waals surface area contributed by atoms with Gasteiger partial charge in [-0.25, -0.2) is 0 Å². The number of nitrogens with two attached hydrogens (primary N) is 1. The number of H-pyrrole nitrogens is 1. The number of hydrogen-bond acceptors (Lipinski definition) is 4. The fourth-order valence-electron chi connectivity index (χ4n) is 1.45. The molecule has 0 aliphatic heterocycles. The Morgan fingerprint density at radius 3 is 2.94 bits per heavy atom. The molecular weight excluding hydrogens is 256 g/mol. The average Bonchev–Trinajstić information content (AvgIpc) is 2.74. The van der Waals surface area contributed by atoms with Crippen molar-refractivity contribution in [3.63, 3.8) is 0 Å². The molecule has 0 saturated carbocycles. The van der Waals surface area contributed by atoms with Crippen LogP contribution in [0.15, 0.2) is 29.4 Å². The monoisotopic (exact) mass is 266 g/mol. The molecule has 4 N–H and O–H groups in total. The first-order chi connectivity index (χ1) is 8.61. The molecule has 0 fully saturated rings. The second-order valence-electron chi connectivity index (χ2n) is 3.59. The Labute approximate surface area is 108 Å². The molecule has 0 bridgehead atoms. The summed E-state index contributed by atoms with van der Waals surface area (Å²) in [6, 6.07) is 6.70. The van der Waals surface area contributed by atoms with Crippen molar-refractivity contribution >= 4 is 17.4 Å². The number of amidine groups is 1. The number of benzene rings is 1. The van der Waals surface area contributed by atoms with Gasteiger partial charge in [0.1, 0.15) is 5.75 Å². The van der Waals surface area contributed by atoms with Crippen LogP contribution >= 0.6 is 11.6 Å². The highest BCUT2D eigenvalue weighted by molar-refractivity contribution is 6.34. The largest absolute Gasteiger partial charge is 0.437 e. The van der Waals surface area contributed by atoms with Gasteiger partial charge in [-0.15, -0.1) is 5.10 Å². The lowest BCUT2D eigenvalue weighted by molar-refractivity contribution is 0.318. The van der Waals surface area contributed by atoms with E-state index >= 15 is 0 Å². The molecule has 1 heterocycles. The third-order valence-electron chi connectivity index (χ3n) is 2.24. The van der Waals surface area contributed by atoms with Crippen molar-refractivity contribution in [1.82, 2.24) is 10.2 Å². The maximum atomic E-state index is 8.73. The van der Waals surface area contributed by atoms with Crippen LogP contribution in [-0.2, 0) is 0 Å². The van der Waals surface area contributed by atoms with Gasteiger partial charge < -0.3 is 15.7 Å². The summed E-state index contributed by atoms with van der Waals surface area (Å²) in [4.78, 5) is 0. The van der Waals surface area contributed by atoms with Gasteiger partial charge in [0.25, 0.3) is 0 Å². The first-order valence-electron chi connectivity index (χ1n) is 5.08. The molecular formula is C11H11ClN4O2. The summed E-state index contributed by atoms with van der Waals surface area (Å²) in [6.45, 7) is 1.85. The second-order valence-corrected chi connectivity index (χ2v) is 4.00. The van der Waals surface area contributed by atoms with Crippen LogP contribution in [0.4, 0.5) is 0 Å². The summed E-state index contributed by atoms with van der Waals surface area (Å²) in [5.74, 6) is 0.619. The Bertz CT molecular complexity index is 594. The Hall–Kier alpha value is -2.21. The van der Waals surface area contributed by atoms with Crippen molar-refractivity contribution < 1.29 is 9.94 Å². The van der Waals surface area contributed by atoms with Gasteiger partial charge in [-0.3, -0.25) is 5.10 Å². The standard InChI is InChI=1S/C11H11ClN4O2/c1-6-5-9(15-14-6)18-8-4-2-3-7(12)10(8)11(13)16-17/h2-5,17H,1H3,(H2,13,16)(H,14,15). The highest BCUT2D eigenvalue weighted by atomic mass is 35.5. The van der Waals surface area contributed by atoms with E-state index in [1.165, 1.54) is 0 Å². The van der Waals surface area contributed by atoms with Crippen molar-refractivity contribution in [2.24, 2.45) is 10.9 Å². The maximum Gasteiger partial charge on any atom is 0.238 e. The van der Waals surface area contributed by atoms with Gasteiger partial charge in [0, 0.05) is 11.8 Å². The first kappa shape index (κ1) is 12.3. The summed E-state index contributed by atoms with van der Waals surface area (Å²) in [5.41, 5.74) is 6.74. The molecule has 6 nitrogen and oxygen atoms in total. The molecule has 0 amide bonds. The number of aryl methyl sites for hydroxylation is 1. The van der Waals surface area contributed by atoms with Gasteiger partial charge in [-0.2, -0.15) is 0 Å². The predicted molar refractivity (Wildman–Crippen MR) is 67.4 cm³/mol. The lowest BCUT2D eigenvalue weighted by Crippen LogP contribution is -2.14. The van der Waals surface area contributed by atoms with E-state index in [0.717, 1.165) is 5.69 Å². The number of aromatic amines is 1. The minimum atomic E-state index is -0.122. The van der Waals surface area contributed by atoms with Crippen molar-refractivity contribution in [2.45, 2.75) is 6.92 Å². The number of rotatable bonds is 3. The van der Waals surface area contributed by atoms with E-state index in [1.807, 2.05) is 6.92 Å². The molecule has 0 spiro atoms. The molecule has 1 aromatic carbocycles. The van der Waals surface area contributed by atoms with E-state index in [9.17, 15) is 0 Å². The molecule has 0 aliphatic carbocycles. The van der Waals surface area contributed by atoms with Crippen molar-refractivity contribution in [2.75, 3.05) is 0 Å². The number of oxime groups is 1. The van der Waals surface area contributed by atoms with E-state index in [1.54, 1.807) is 24.3 Å². The lowest BCUT2D eigenvalue weighted by atomic mass is 10.2. The zero-order chi connectivity index (χ0) is 13.1. The van der Waals surface area contributed by atoms with Crippen LogP contribution < -0.4 is 10.5 Å². The third-order valence-corrected chi connectivity index (χ3v) is 2.55. The number of aromatic nitrogens is 2. The molecule has 1 aromatic heterocycles. The van der Waals surface area contributed by atoms with Crippen molar-refractivity contribution in [1.29, 1.82) is 0 Å². The van der Waals surface area contributed by atoms with Crippen LogP contribution in [-0.4, -0.2) is 21.2 Å². The Morgan fingerprint density at radius 2 is 2.33 bits per heavy atom. The predicted octanol–water partition coefficient (Wildman–Crippen LogP) is 2.26. The minimum absolute atomic E-state index is 0.122. The minimum Gasteiger partial charge on any atom is -0.437 e. The molecule has 2 rings (SSSR count). The molecule has 94 valence electrons. The first-order valence-corrected chi connectivity index (χ1v) is 5.46. The van der Waals surface area contributed by atoms with E-state index in [0.29, 0.717) is 22.2 Å². The zero-order valence-electron chi connectivity index (χ0n) is 9.51. The number of ether oxygens (including phenoxy) is 1. The van der Waals surface area contributed by atoms with Crippen molar-refractivity contribution in [3.8, 4) is 11.6 Å². The van der Waals surface area contributed by atoms with Gasteiger partial charge in [-0.1, -0.05) is 22.8 Å². The number of nitrogens with zero attached hydrogens (tertiary/aromatic N) is 2. The Kier molecular flexibility index (Phi) is 3.38. The van der Waals surface area contributed by atoms with Crippen LogP contribution in [0.3, 0.4) is 0 Å². The fraction of sp³-hybridized carbons (Fsp3) is 0.0909. The number of nitrogens with one attached hydrogen (secondary N) is 1. The lowest BCUT2D eigenvalue weighted by Gasteiger charge is -2.09. The quantitative estimate of drug-likeness (QED) is 0.344. The SMILES string of the molecule is Cc1cc(Oc2cccc(Cl)c2/C(N)=N/O)n[nH]1. The van der Waals surface area contributed by atoms with Crippen LogP contribution in [0.25, 0.3) is 0 Å².